The fraction of sp³-hybridized carbons (Fsp3) is 0.375. The molecule has 1 aliphatic heterocycles. The lowest BCUT2D eigenvalue weighted by atomic mass is 9.98. The third kappa shape index (κ3) is 3.72. The molecule has 1 N–H and O–H groups in total. The van der Waals surface area contributed by atoms with Crippen LogP contribution in [0.5, 0.6) is 0 Å². The van der Waals surface area contributed by atoms with E-state index >= 15 is 0 Å². The molecule has 3 rings (SSSR count). The molecule has 1 fully saturated rings. The van der Waals surface area contributed by atoms with E-state index in [1.54, 1.807) is 17.7 Å². The summed E-state index contributed by atoms with van der Waals surface area (Å²) in [7, 11) is -2.05. The average Bonchev–Trinajstić information content (AvgIpc) is 3.04. The second kappa shape index (κ2) is 6.93. The first kappa shape index (κ1) is 17.6. The Morgan fingerprint density at radius 1 is 1.36 bits per heavy atom. The van der Waals surface area contributed by atoms with E-state index in [0.717, 1.165) is 0 Å². The fourth-order valence-corrected chi connectivity index (χ4v) is 4.32. The van der Waals surface area contributed by atoms with Crippen LogP contribution in [-0.2, 0) is 21.9 Å². The van der Waals surface area contributed by atoms with Gasteiger partial charge in [-0.1, -0.05) is 12.1 Å². The van der Waals surface area contributed by atoms with Crippen LogP contribution in [-0.4, -0.2) is 41.3 Å². The van der Waals surface area contributed by atoms with Crippen molar-refractivity contribution in [2.45, 2.75) is 17.9 Å². The number of aromatic nitrogens is 2. The molecule has 2 heterocycles. The minimum absolute atomic E-state index is 0.0369. The largest absolute Gasteiger partial charge is 0.339 e. The number of nitrogens with zero attached hydrogens (tertiary/aromatic N) is 3. The molecular formula is C16H19FN4O3S. The molecule has 7 nitrogen and oxygen atoms in total. The zero-order chi connectivity index (χ0) is 18.0. The minimum Gasteiger partial charge on any atom is -0.339 e. The molecule has 2 aromatic rings. The standard InChI is InChI=1S/C16H19FN4O3S/c1-20-10-15(18-11-20)25(23,24)21-8-4-5-12(9-21)16(22)19-14-7-3-2-6-13(14)17/h2-3,6-7,10-12H,4-5,8-9H2,1H3,(H,19,22)/t12-/m0/s1. The highest BCUT2D eigenvalue weighted by atomic mass is 32.2. The summed E-state index contributed by atoms with van der Waals surface area (Å²) in [5.74, 6) is -1.44. The molecule has 0 spiro atoms. The topological polar surface area (TPSA) is 84.3 Å². The lowest BCUT2D eigenvalue weighted by Gasteiger charge is -2.30. The maximum Gasteiger partial charge on any atom is 0.262 e. The molecule has 0 radical (unpaired) electrons. The van der Waals surface area contributed by atoms with Crippen LogP contribution in [0.15, 0.2) is 41.8 Å². The van der Waals surface area contributed by atoms with E-state index < -0.39 is 21.8 Å². The Balaban J connectivity index is 1.73. The van der Waals surface area contributed by atoms with E-state index in [0.29, 0.717) is 19.4 Å². The first-order valence-corrected chi connectivity index (χ1v) is 9.35. The van der Waals surface area contributed by atoms with Crippen LogP contribution >= 0.6 is 0 Å². The van der Waals surface area contributed by atoms with E-state index in [1.807, 2.05) is 0 Å². The van der Waals surface area contributed by atoms with Crippen molar-refractivity contribution in [1.82, 2.24) is 13.9 Å². The SMILES string of the molecule is Cn1cnc(S(=O)(=O)N2CCC[C@H](C(=O)Nc3ccccc3F)C2)c1. The molecule has 25 heavy (non-hydrogen) atoms. The van der Waals surface area contributed by atoms with Crippen molar-refractivity contribution in [3.8, 4) is 0 Å². The number of para-hydroxylation sites is 1. The van der Waals surface area contributed by atoms with Gasteiger partial charge in [0.05, 0.1) is 17.9 Å². The predicted octanol–water partition coefficient (Wildman–Crippen LogP) is 1.60. The van der Waals surface area contributed by atoms with Crippen LogP contribution in [0.25, 0.3) is 0 Å². The number of aryl methyl sites for hydroxylation is 1. The van der Waals surface area contributed by atoms with E-state index in [9.17, 15) is 17.6 Å². The molecular weight excluding hydrogens is 347 g/mol. The van der Waals surface area contributed by atoms with Crippen LogP contribution in [0.4, 0.5) is 10.1 Å². The monoisotopic (exact) mass is 366 g/mol. The first-order chi connectivity index (χ1) is 11.9. The number of piperidine rings is 1. The number of hydrogen-bond acceptors (Lipinski definition) is 4. The number of hydrogen-bond donors (Lipinski definition) is 1. The summed E-state index contributed by atoms with van der Waals surface area (Å²) in [4.78, 5) is 16.3. The van der Waals surface area contributed by atoms with E-state index in [2.05, 4.69) is 10.3 Å². The smallest absolute Gasteiger partial charge is 0.262 e. The number of amides is 1. The van der Waals surface area contributed by atoms with Gasteiger partial charge in [0.25, 0.3) is 10.0 Å². The van der Waals surface area contributed by atoms with E-state index in [4.69, 9.17) is 0 Å². The van der Waals surface area contributed by atoms with Crippen molar-refractivity contribution < 1.29 is 17.6 Å². The van der Waals surface area contributed by atoms with Crippen LogP contribution in [0.3, 0.4) is 0 Å². The van der Waals surface area contributed by atoms with Crippen molar-refractivity contribution in [3.63, 3.8) is 0 Å². The first-order valence-electron chi connectivity index (χ1n) is 7.91. The molecule has 1 amide bonds. The highest BCUT2D eigenvalue weighted by Crippen LogP contribution is 2.24. The number of nitrogens with one attached hydrogen (secondary N) is 1. The zero-order valence-electron chi connectivity index (χ0n) is 13.7. The van der Waals surface area contributed by atoms with Gasteiger partial charge in [-0.15, -0.1) is 0 Å². The number of imidazole rings is 1. The van der Waals surface area contributed by atoms with Crippen LogP contribution < -0.4 is 5.32 Å². The van der Waals surface area contributed by atoms with Gasteiger partial charge in [0, 0.05) is 26.3 Å². The van der Waals surface area contributed by atoms with Crippen molar-refractivity contribution in [2.24, 2.45) is 13.0 Å². The summed E-state index contributed by atoms with van der Waals surface area (Å²) >= 11 is 0. The predicted molar refractivity (Wildman–Crippen MR) is 89.7 cm³/mol. The van der Waals surface area contributed by atoms with Gasteiger partial charge in [0.15, 0.2) is 5.03 Å². The maximum absolute atomic E-state index is 13.7. The summed E-state index contributed by atoms with van der Waals surface area (Å²) in [5, 5.41) is 2.50. The molecule has 0 aliphatic carbocycles. The number of halogens is 1. The molecule has 9 heteroatoms. The third-order valence-electron chi connectivity index (χ3n) is 4.17. The lowest BCUT2D eigenvalue weighted by Crippen LogP contribution is -2.43. The van der Waals surface area contributed by atoms with Crippen molar-refractivity contribution in [2.75, 3.05) is 18.4 Å². The Labute approximate surface area is 145 Å². The molecule has 1 aromatic carbocycles. The van der Waals surface area contributed by atoms with Crippen molar-refractivity contribution >= 4 is 21.6 Å². The van der Waals surface area contributed by atoms with Crippen LogP contribution in [0.1, 0.15) is 12.8 Å². The molecule has 0 unspecified atom stereocenters. The third-order valence-corrected chi connectivity index (χ3v) is 5.92. The van der Waals surface area contributed by atoms with Gasteiger partial charge in [0.2, 0.25) is 5.91 Å². The number of rotatable bonds is 4. The number of carbonyl (C=O) groups excluding carboxylic acids is 1. The minimum atomic E-state index is -3.74. The molecule has 0 bridgehead atoms. The second-order valence-corrected chi connectivity index (χ2v) is 7.93. The summed E-state index contributed by atoms with van der Waals surface area (Å²) in [6, 6.07) is 5.89. The van der Waals surface area contributed by atoms with Gasteiger partial charge in [-0.2, -0.15) is 4.31 Å². The van der Waals surface area contributed by atoms with Gasteiger partial charge in [-0.3, -0.25) is 4.79 Å². The van der Waals surface area contributed by atoms with Gasteiger partial charge >= 0.3 is 0 Å². The summed E-state index contributed by atoms with van der Waals surface area (Å²) in [6.07, 6.45) is 3.95. The quantitative estimate of drug-likeness (QED) is 0.891. The second-order valence-electron chi connectivity index (χ2n) is 6.05. The van der Waals surface area contributed by atoms with E-state index in [1.165, 1.54) is 35.0 Å². The molecule has 1 atom stereocenters. The Kier molecular flexibility index (Phi) is 4.87. The van der Waals surface area contributed by atoms with Gasteiger partial charge in [-0.05, 0) is 25.0 Å². The number of carbonyl (C=O) groups is 1. The Morgan fingerprint density at radius 2 is 2.12 bits per heavy atom. The van der Waals surface area contributed by atoms with Crippen LogP contribution in [0, 0.1) is 11.7 Å². The van der Waals surface area contributed by atoms with Gasteiger partial charge in [-0.25, -0.2) is 17.8 Å². The maximum atomic E-state index is 13.7. The normalized spacial score (nSPS) is 18.9. The molecule has 0 saturated carbocycles. The molecule has 1 aromatic heterocycles. The number of anilines is 1. The average molecular weight is 366 g/mol. The summed E-state index contributed by atoms with van der Waals surface area (Å²) in [6.45, 7) is 0.390. The lowest BCUT2D eigenvalue weighted by molar-refractivity contribution is -0.120. The van der Waals surface area contributed by atoms with Crippen molar-refractivity contribution in [1.29, 1.82) is 0 Å². The molecule has 1 aliphatic rings. The summed E-state index contributed by atoms with van der Waals surface area (Å²) < 4.78 is 41.8. The Hall–Kier alpha value is -2.26. The van der Waals surface area contributed by atoms with Crippen LogP contribution in [0.2, 0.25) is 0 Å². The number of sulfonamides is 1. The van der Waals surface area contributed by atoms with Crippen molar-refractivity contribution in [3.05, 3.63) is 42.6 Å². The fourth-order valence-electron chi connectivity index (χ4n) is 2.83. The van der Waals surface area contributed by atoms with Gasteiger partial charge < -0.3 is 9.88 Å². The van der Waals surface area contributed by atoms with E-state index in [-0.39, 0.29) is 23.2 Å². The highest BCUT2D eigenvalue weighted by molar-refractivity contribution is 7.89. The van der Waals surface area contributed by atoms with Gasteiger partial charge in [0.1, 0.15) is 5.82 Å². The highest BCUT2D eigenvalue weighted by Gasteiger charge is 2.34. The summed E-state index contributed by atoms with van der Waals surface area (Å²) in [5.41, 5.74) is 0.0946. The Morgan fingerprint density at radius 3 is 2.80 bits per heavy atom. The molecule has 1 saturated heterocycles. The zero-order valence-corrected chi connectivity index (χ0v) is 14.5. The Bertz CT molecular complexity index is 881. The number of benzene rings is 1. The molecule has 134 valence electrons.